The Morgan fingerprint density at radius 1 is 0.778 bits per heavy atom. The van der Waals surface area contributed by atoms with Crippen LogP contribution in [0.4, 0.5) is 11.4 Å². The van der Waals surface area contributed by atoms with Crippen molar-refractivity contribution in [2.24, 2.45) is 5.10 Å². The summed E-state index contributed by atoms with van der Waals surface area (Å²) in [4.78, 5) is 60.0. The Labute approximate surface area is 256 Å². The van der Waals surface area contributed by atoms with Crippen LogP contribution in [-0.4, -0.2) is 42.0 Å². The molecule has 0 heterocycles. The molecule has 0 radical (unpaired) electrons. The number of hydrogen-bond donors (Lipinski definition) is 2. The maximum atomic E-state index is 12.9. The van der Waals surface area contributed by atoms with Crippen molar-refractivity contribution < 1.29 is 38.3 Å². The molecular formula is C32H26N4O9. The molecule has 0 atom stereocenters. The molecule has 0 aromatic heterocycles. The highest BCUT2D eigenvalue weighted by Gasteiger charge is 2.18. The van der Waals surface area contributed by atoms with E-state index >= 15 is 0 Å². The van der Waals surface area contributed by atoms with E-state index in [9.17, 15) is 29.3 Å². The maximum Gasteiger partial charge on any atom is 0.343 e. The minimum atomic E-state index is -0.843. The van der Waals surface area contributed by atoms with Gasteiger partial charge in [0.15, 0.2) is 11.5 Å². The second kappa shape index (κ2) is 14.2. The minimum absolute atomic E-state index is 0.0236. The molecule has 0 bridgehead atoms. The van der Waals surface area contributed by atoms with Crippen molar-refractivity contribution >= 4 is 41.3 Å². The van der Waals surface area contributed by atoms with Crippen LogP contribution in [0.1, 0.15) is 49.1 Å². The van der Waals surface area contributed by atoms with Gasteiger partial charge in [-0.25, -0.2) is 10.2 Å². The third-order valence-electron chi connectivity index (χ3n) is 6.15. The van der Waals surface area contributed by atoms with Crippen molar-refractivity contribution in [3.8, 4) is 17.2 Å². The summed E-state index contributed by atoms with van der Waals surface area (Å²) in [6.07, 6.45) is 1.09. The molecule has 4 aromatic rings. The van der Waals surface area contributed by atoms with Crippen LogP contribution in [0, 0.1) is 17.0 Å². The van der Waals surface area contributed by atoms with Gasteiger partial charge in [0.1, 0.15) is 5.75 Å². The summed E-state index contributed by atoms with van der Waals surface area (Å²) in [5.74, 6) is -2.21. The van der Waals surface area contributed by atoms with E-state index in [0.29, 0.717) is 11.3 Å². The molecule has 45 heavy (non-hydrogen) atoms. The van der Waals surface area contributed by atoms with Crippen LogP contribution in [0.25, 0.3) is 0 Å². The summed E-state index contributed by atoms with van der Waals surface area (Å²) in [7, 11) is 1.33. The van der Waals surface area contributed by atoms with Crippen LogP contribution in [-0.2, 0) is 4.79 Å². The minimum Gasteiger partial charge on any atom is -0.493 e. The van der Waals surface area contributed by atoms with Gasteiger partial charge >= 0.3 is 11.9 Å². The molecule has 0 aliphatic carbocycles. The fraction of sp³-hybridized carbons (Fsp3) is 0.0938. The Balaban J connectivity index is 1.45. The summed E-state index contributed by atoms with van der Waals surface area (Å²) >= 11 is 0. The van der Waals surface area contributed by atoms with Gasteiger partial charge in [0.2, 0.25) is 0 Å². The highest BCUT2D eigenvalue weighted by molar-refractivity contribution is 6.04. The zero-order valence-electron chi connectivity index (χ0n) is 24.2. The SMILES string of the molecule is COc1cc(C(=O)Oc2ccc([N+](=O)[O-])cc2/C=N/NC(=O)c2ccc(NC(=O)c3ccc(C)cc3)cc2)ccc1OC(C)=O. The summed E-state index contributed by atoms with van der Waals surface area (Å²) in [5.41, 5.74) is 4.27. The molecule has 0 saturated carbocycles. The average Bonchev–Trinajstić information content (AvgIpc) is 3.02. The number of nitro groups is 1. The molecule has 0 saturated heterocycles. The Morgan fingerprint density at radius 2 is 1.40 bits per heavy atom. The number of non-ortho nitro benzene ring substituents is 1. The number of benzene rings is 4. The zero-order chi connectivity index (χ0) is 32.5. The van der Waals surface area contributed by atoms with Crippen LogP contribution in [0.15, 0.2) is 90.0 Å². The highest BCUT2D eigenvalue weighted by atomic mass is 16.6. The summed E-state index contributed by atoms with van der Waals surface area (Å²) in [6, 6.07) is 20.6. The molecule has 0 fully saturated rings. The van der Waals surface area contributed by atoms with Gasteiger partial charge in [-0.1, -0.05) is 17.7 Å². The molecular weight excluding hydrogens is 584 g/mol. The topological polar surface area (TPSA) is 176 Å². The third kappa shape index (κ3) is 8.35. The first kappa shape index (κ1) is 31.6. The Kier molecular flexibility index (Phi) is 9.96. The first-order chi connectivity index (χ1) is 21.5. The van der Waals surface area contributed by atoms with Gasteiger partial charge in [-0.05, 0) is 67.6 Å². The Hall–Kier alpha value is -6.37. The number of nitrogens with one attached hydrogen (secondary N) is 2. The van der Waals surface area contributed by atoms with Gasteiger partial charge in [-0.3, -0.25) is 24.5 Å². The molecule has 0 aliphatic heterocycles. The molecule has 228 valence electrons. The number of ether oxygens (including phenoxy) is 3. The number of rotatable bonds is 10. The molecule has 4 rings (SSSR count). The number of hydrazone groups is 1. The van der Waals surface area contributed by atoms with Crippen molar-refractivity contribution in [2.45, 2.75) is 13.8 Å². The molecule has 0 aliphatic rings. The van der Waals surface area contributed by atoms with Crippen LogP contribution in [0.2, 0.25) is 0 Å². The van der Waals surface area contributed by atoms with E-state index < -0.39 is 22.8 Å². The number of carbonyl (C=O) groups is 4. The third-order valence-corrected chi connectivity index (χ3v) is 6.15. The number of methoxy groups -OCH3 is 1. The number of anilines is 1. The number of aryl methyl sites for hydroxylation is 1. The van der Waals surface area contributed by atoms with Gasteiger partial charge in [-0.2, -0.15) is 5.10 Å². The molecule has 0 unspecified atom stereocenters. The molecule has 4 aromatic carbocycles. The zero-order valence-corrected chi connectivity index (χ0v) is 24.2. The molecule has 2 N–H and O–H groups in total. The first-order valence-electron chi connectivity index (χ1n) is 13.2. The fourth-order valence-corrected chi connectivity index (χ4v) is 3.87. The summed E-state index contributed by atoms with van der Waals surface area (Å²) in [6.45, 7) is 3.13. The summed E-state index contributed by atoms with van der Waals surface area (Å²) in [5, 5.41) is 18.0. The summed E-state index contributed by atoms with van der Waals surface area (Å²) < 4.78 is 15.7. The molecule has 13 heteroatoms. The Morgan fingerprint density at radius 3 is 2.04 bits per heavy atom. The quantitative estimate of drug-likeness (QED) is 0.0816. The molecule has 13 nitrogen and oxygen atoms in total. The molecule has 2 amide bonds. The van der Waals surface area contributed by atoms with Gasteiger partial charge in [0, 0.05) is 41.4 Å². The van der Waals surface area contributed by atoms with Crippen molar-refractivity contribution in [1.82, 2.24) is 5.43 Å². The van der Waals surface area contributed by atoms with Gasteiger partial charge in [0.05, 0.1) is 23.8 Å². The smallest absolute Gasteiger partial charge is 0.343 e. The maximum absolute atomic E-state index is 12.9. The number of esters is 2. The van der Waals surface area contributed by atoms with Gasteiger partial charge in [-0.15, -0.1) is 0 Å². The predicted octanol–water partition coefficient (Wildman–Crippen LogP) is 5.07. The Bertz CT molecular complexity index is 1800. The number of carbonyl (C=O) groups excluding carboxylic acids is 4. The van der Waals surface area contributed by atoms with Gasteiger partial charge in [0.25, 0.3) is 17.5 Å². The van der Waals surface area contributed by atoms with E-state index in [4.69, 9.17) is 14.2 Å². The predicted molar refractivity (Wildman–Crippen MR) is 163 cm³/mol. The highest BCUT2D eigenvalue weighted by Crippen LogP contribution is 2.30. The second-order valence-electron chi connectivity index (χ2n) is 9.42. The molecule has 0 spiro atoms. The van der Waals surface area contributed by atoms with Crippen molar-refractivity contribution in [3.63, 3.8) is 0 Å². The standard InChI is InChI=1S/C32H26N4O9/c1-19-4-6-21(7-5-19)30(38)34-25-11-8-22(9-12-25)31(39)35-33-18-24-16-26(36(41)42)13-15-27(24)45-32(40)23-10-14-28(44-20(2)37)29(17-23)43-3/h4-18H,1-3H3,(H,34,38)(H,35,39)/b33-18+. The first-order valence-corrected chi connectivity index (χ1v) is 13.2. The van der Waals surface area contributed by atoms with Gasteiger partial charge < -0.3 is 19.5 Å². The fourth-order valence-electron chi connectivity index (χ4n) is 3.87. The lowest BCUT2D eigenvalue weighted by Gasteiger charge is -2.11. The van der Waals surface area contributed by atoms with Crippen molar-refractivity contribution in [1.29, 1.82) is 0 Å². The van der Waals surface area contributed by atoms with E-state index in [-0.39, 0.29) is 45.5 Å². The van der Waals surface area contributed by atoms with E-state index in [2.05, 4.69) is 15.8 Å². The lowest BCUT2D eigenvalue weighted by molar-refractivity contribution is -0.384. The van der Waals surface area contributed by atoms with Crippen molar-refractivity contribution in [2.75, 3.05) is 12.4 Å². The number of nitrogens with zero attached hydrogens (tertiary/aromatic N) is 2. The van der Waals surface area contributed by atoms with E-state index in [1.165, 1.54) is 50.4 Å². The van der Waals surface area contributed by atoms with Crippen LogP contribution in [0.5, 0.6) is 17.2 Å². The average molecular weight is 611 g/mol. The van der Waals surface area contributed by atoms with Crippen molar-refractivity contribution in [3.05, 3.63) is 123 Å². The van der Waals surface area contributed by atoms with E-state index in [0.717, 1.165) is 23.9 Å². The normalized spacial score (nSPS) is 10.6. The van der Waals surface area contributed by atoms with E-state index in [1.807, 2.05) is 19.1 Å². The van der Waals surface area contributed by atoms with E-state index in [1.54, 1.807) is 24.3 Å². The van der Waals surface area contributed by atoms with Crippen LogP contribution < -0.4 is 25.0 Å². The lowest BCUT2D eigenvalue weighted by Crippen LogP contribution is -2.18. The van der Waals surface area contributed by atoms with Crippen LogP contribution in [0.3, 0.4) is 0 Å². The van der Waals surface area contributed by atoms with Crippen LogP contribution >= 0.6 is 0 Å². The number of amides is 2. The second-order valence-corrected chi connectivity index (χ2v) is 9.42. The monoisotopic (exact) mass is 610 g/mol. The largest absolute Gasteiger partial charge is 0.493 e. The number of nitro benzene ring substituents is 1. The lowest BCUT2D eigenvalue weighted by atomic mass is 10.1. The number of hydrogen-bond acceptors (Lipinski definition) is 10.